The molecule has 17 heavy (non-hydrogen) atoms. The number of alkyl carbamates (subject to hydrolysis) is 2. The van der Waals surface area contributed by atoms with Crippen molar-refractivity contribution in [3.05, 3.63) is 0 Å². The van der Waals surface area contributed by atoms with Crippen molar-refractivity contribution in [1.29, 1.82) is 0 Å². The molecule has 1 unspecified atom stereocenters. The van der Waals surface area contributed by atoms with E-state index >= 15 is 0 Å². The molecule has 0 bridgehead atoms. The van der Waals surface area contributed by atoms with Gasteiger partial charge in [-0.3, -0.25) is 0 Å². The monoisotopic (exact) mass is 244 g/mol. The predicted octanol–water partition coefficient (Wildman–Crippen LogP) is 1.40. The van der Waals surface area contributed by atoms with Crippen molar-refractivity contribution in [2.45, 2.75) is 51.9 Å². The Balaban J connectivity index is 2.54. The van der Waals surface area contributed by atoms with Gasteiger partial charge in [-0.2, -0.15) is 0 Å². The smallest absolute Gasteiger partial charge is 0.408 e. The molecule has 0 aromatic rings. The Morgan fingerprint density at radius 3 is 2.41 bits per heavy atom. The van der Waals surface area contributed by atoms with E-state index in [1.807, 2.05) is 0 Å². The van der Waals surface area contributed by atoms with E-state index in [-0.39, 0.29) is 0 Å². The first-order valence-corrected chi connectivity index (χ1v) is 5.56. The molecule has 2 amide bonds. The fraction of sp³-hybridized carbons (Fsp3) is 0.818. The van der Waals surface area contributed by atoms with E-state index in [1.165, 1.54) is 0 Å². The molecule has 6 nitrogen and oxygen atoms in total. The van der Waals surface area contributed by atoms with Crippen molar-refractivity contribution in [2.75, 3.05) is 6.54 Å². The largest absolute Gasteiger partial charge is 0.444 e. The molecule has 1 aliphatic rings. The number of rotatable bonds is 2. The lowest BCUT2D eigenvalue weighted by molar-refractivity contribution is 0.0333. The highest BCUT2D eigenvalue weighted by Gasteiger charge is 2.39. The fourth-order valence-corrected chi connectivity index (χ4v) is 1.44. The molecule has 1 saturated heterocycles. The minimum absolute atomic E-state index is 0.377. The van der Waals surface area contributed by atoms with Crippen LogP contribution in [0.1, 0.15) is 34.6 Å². The Bertz CT molecular complexity index is 320. The van der Waals surface area contributed by atoms with Crippen molar-refractivity contribution >= 4 is 12.2 Å². The van der Waals surface area contributed by atoms with Crippen LogP contribution in [-0.4, -0.2) is 36.0 Å². The highest BCUT2D eigenvalue weighted by Crippen LogP contribution is 2.17. The zero-order valence-electron chi connectivity index (χ0n) is 10.9. The average Bonchev–Trinajstić information content (AvgIpc) is 2.46. The maximum atomic E-state index is 11.6. The molecule has 98 valence electrons. The molecule has 0 aromatic carbocycles. The lowest BCUT2D eigenvalue weighted by Gasteiger charge is -2.31. The van der Waals surface area contributed by atoms with Crippen molar-refractivity contribution in [1.82, 2.24) is 10.6 Å². The van der Waals surface area contributed by atoms with Gasteiger partial charge in [0.2, 0.25) is 0 Å². The number of carbonyl (C=O) groups is 2. The second-order valence-corrected chi connectivity index (χ2v) is 5.62. The van der Waals surface area contributed by atoms with Crippen LogP contribution in [0.4, 0.5) is 9.59 Å². The number of cyclic esters (lactones) is 1. The van der Waals surface area contributed by atoms with Crippen LogP contribution in [-0.2, 0) is 9.47 Å². The van der Waals surface area contributed by atoms with Crippen molar-refractivity contribution < 1.29 is 19.1 Å². The van der Waals surface area contributed by atoms with Crippen LogP contribution in [0.3, 0.4) is 0 Å². The molecule has 1 fully saturated rings. The van der Waals surface area contributed by atoms with Crippen LogP contribution < -0.4 is 10.6 Å². The van der Waals surface area contributed by atoms with Crippen molar-refractivity contribution in [3.63, 3.8) is 0 Å². The lowest BCUT2D eigenvalue weighted by atomic mass is 9.98. The van der Waals surface area contributed by atoms with Crippen molar-refractivity contribution in [3.8, 4) is 0 Å². The Kier molecular flexibility index (Phi) is 3.54. The number of hydrogen-bond donors (Lipinski definition) is 2. The molecule has 6 heteroatoms. The molecule has 0 radical (unpaired) electrons. The summed E-state index contributed by atoms with van der Waals surface area (Å²) < 4.78 is 10.2. The van der Waals surface area contributed by atoms with E-state index in [1.54, 1.807) is 34.6 Å². The third kappa shape index (κ3) is 4.13. The Morgan fingerprint density at radius 1 is 1.41 bits per heavy atom. The number of carbonyl (C=O) groups excluding carboxylic acids is 2. The maximum Gasteiger partial charge on any atom is 0.408 e. The van der Waals surface area contributed by atoms with E-state index in [0.717, 1.165) is 0 Å². The summed E-state index contributed by atoms with van der Waals surface area (Å²) in [5, 5.41) is 5.24. The van der Waals surface area contributed by atoms with Gasteiger partial charge < -0.3 is 20.1 Å². The van der Waals surface area contributed by atoms with Crippen LogP contribution in [0.2, 0.25) is 0 Å². The van der Waals surface area contributed by atoms with Crippen LogP contribution in [0.15, 0.2) is 0 Å². The zero-order chi connectivity index (χ0) is 13.3. The van der Waals surface area contributed by atoms with Gasteiger partial charge in [0.15, 0.2) is 0 Å². The van der Waals surface area contributed by atoms with Gasteiger partial charge in [0.05, 0.1) is 12.1 Å². The first-order valence-electron chi connectivity index (χ1n) is 5.56. The van der Waals surface area contributed by atoms with Gasteiger partial charge in [-0.1, -0.05) is 0 Å². The number of hydrogen-bond acceptors (Lipinski definition) is 4. The summed E-state index contributed by atoms with van der Waals surface area (Å²) in [6.45, 7) is 9.30. The minimum Gasteiger partial charge on any atom is -0.444 e. The highest BCUT2D eigenvalue weighted by atomic mass is 16.6. The summed E-state index contributed by atoms with van der Waals surface area (Å²) in [7, 11) is 0. The molecule has 0 saturated carbocycles. The van der Waals surface area contributed by atoms with Crippen LogP contribution >= 0.6 is 0 Å². The predicted molar refractivity (Wildman–Crippen MR) is 61.7 cm³/mol. The van der Waals surface area contributed by atoms with Gasteiger partial charge >= 0.3 is 12.2 Å². The molecular weight excluding hydrogens is 224 g/mol. The quantitative estimate of drug-likeness (QED) is 0.769. The highest BCUT2D eigenvalue weighted by molar-refractivity contribution is 5.71. The average molecular weight is 244 g/mol. The summed E-state index contributed by atoms with van der Waals surface area (Å²) in [5.74, 6) is 0. The Morgan fingerprint density at radius 2 is 2.00 bits per heavy atom. The van der Waals surface area contributed by atoms with Gasteiger partial charge in [0.1, 0.15) is 11.7 Å². The van der Waals surface area contributed by atoms with Gasteiger partial charge in [0.25, 0.3) is 0 Å². The van der Waals surface area contributed by atoms with E-state index < -0.39 is 29.4 Å². The van der Waals surface area contributed by atoms with E-state index in [9.17, 15) is 9.59 Å². The van der Waals surface area contributed by atoms with Gasteiger partial charge in [0, 0.05) is 0 Å². The molecule has 0 aromatic heterocycles. The molecule has 0 spiro atoms. The summed E-state index contributed by atoms with van der Waals surface area (Å²) in [6.07, 6.45) is -1.39. The second kappa shape index (κ2) is 4.43. The molecule has 1 rings (SSSR count). The molecule has 0 aliphatic carbocycles. The third-order valence-corrected chi connectivity index (χ3v) is 2.31. The zero-order valence-corrected chi connectivity index (χ0v) is 10.9. The topological polar surface area (TPSA) is 76.7 Å². The molecular formula is C11H20N2O4. The summed E-state index contributed by atoms with van der Waals surface area (Å²) in [6, 6.07) is 0. The van der Waals surface area contributed by atoms with Crippen molar-refractivity contribution in [2.24, 2.45) is 0 Å². The number of ether oxygens (including phenoxy) is 2. The fourth-order valence-electron chi connectivity index (χ4n) is 1.44. The van der Waals surface area contributed by atoms with Gasteiger partial charge in [-0.25, -0.2) is 9.59 Å². The number of amides is 2. The van der Waals surface area contributed by atoms with Crippen LogP contribution in [0, 0.1) is 0 Å². The normalized spacial score (nSPS) is 20.5. The molecule has 1 aliphatic heterocycles. The van der Waals surface area contributed by atoms with E-state index in [2.05, 4.69) is 10.6 Å². The standard InChI is InChI=1S/C11H20N2O4/c1-10(2,3)17-9(15)13-11(4,5)7-6-12-8(14)16-7/h7H,6H2,1-5H3,(H,12,14)(H,13,15). The van der Waals surface area contributed by atoms with Gasteiger partial charge in [-0.05, 0) is 34.6 Å². The Hall–Kier alpha value is -1.46. The van der Waals surface area contributed by atoms with Gasteiger partial charge in [-0.15, -0.1) is 0 Å². The minimum atomic E-state index is -0.679. The third-order valence-electron chi connectivity index (χ3n) is 2.31. The maximum absolute atomic E-state index is 11.6. The Labute approximate surface area is 101 Å². The summed E-state index contributed by atoms with van der Waals surface area (Å²) >= 11 is 0. The first-order chi connectivity index (χ1) is 7.60. The van der Waals surface area contributed by atoms with Crippen LogP contribution in [0.25, 0.3) is 0 Å². The molecule has 1 atom stereocenters. The lowest BCUT2D eigenvalue weighted by Crippen LogP contribution is -2.54. The molecule has 2 N–H and O–H groups in total. The number of nitrogens with one attached hydrogen (secondary N) is 2. The van der Waals surface area contributed by atoms with E-state index in [0.29, 0.717) is 6.54 Å². The SMILES string of the molecule is CC(C)(C)OC(=O)NC(C)(C)C1CNC(=O)O1. The van der Waals surface area contributed by atoms with E-state index in [4.69, 9.17) is 9.47 Å². The summed E-state index contributed by atoms with van der Waals surface area (Å²) in [4.78, 5) is 22.6. The molecule has 1 heterocycles. The first kappa shape index (κ1) is 13.6. The second-order valence-electron chi connectivity index (χ2n) is 5.62. The van der Waals surface area contributed by atoms with Crippen LogP contribution in [0.5, 0.6) is 0 Å². The summed E-state index contributed by atoms with van der Waals surface area (Å²) in [5.41, 5.74) is -1.23.